The molecule has 24 heavy (non-hydrogen) atoms. The van der Waals surface area contributed by atoms with Crippen LogP contribution in [0.3, 0.4) is 0 Å². The van der Waals surface area contributed by atoms with Crippen molar-refractivity contribution in [2.24, 2.45) is 0 Å². The summed E-state index contributed by atoms with van der Waals surface area (Å²) in [5.74, 6) is 1.66. The van der Waals surface area contributed by atoms with Crippen LogP contribution in [0.5, 0.6) is 11.5 Å². The Bertz CT molecular complexity index is 669. The van der Waals surface area contributed by atoms with Crippen LogP contribution in [-0.2, 0) is 19.4 Å². The number of hydrogen-bond donors (Lipinski definition) is 0. The van der Waals surface area contributed by atoms with Crippen molar-refractivity contribution in [1.82, 2.24) is 4.90 Å². The first-order chi connectivity index (χ1) is 11.7. The molecule has 0 saturated carbocycles. The van der Waals surface area contributed by atoms with Gasteiger partial charge in [-0.2, -0.15) is 0 Å². The van der Waals surface area contributed by atoms with Crippen LogP contribution in [0.4, 0.5) is 0 Å². The molecule has 0 radical (unpaired) electrons. The topological polar surface area (TPSA) is 21.7 Å². The van der Waals surface area contributed by atoms with Crippen LogP contribution in [0.25, 0.3) is 0 Å². The third-order valence-corrected chi connectivity index (χ3v) is 5.06. The van der Waals surface area contributed by atoms with E-state index in [9.17, 15) is 0 Å². The fourth-order valence-corrected chi connectivity index (χ4v) is 3.48. The molecule has 2 aromatic carbocycles. The van der Waals surface area contributed by atoms with Gasteiger partial charge in [-0.1, -0.05) is 30.3 Å². The van der Waals surface area contributed by atoms with Gasteiger partial charge in [0.05, 0.1) is 14.2 Å². The zero-order valence-corrected chi connectivity index (χ0v) is 14.9. The van der Waals surface area contributed by atoms with Crippen LogP contribution < -0.4 is 9.47 Å². The van der Waals surface area contributed by atoms with E-state index >= 15 is 0 Å². The monoisotopic (exact) mass is 325 g/mol. The van der Waals surface area contributed by atoms with E-state index in [1.807, 2.05) is 0 Å². The fraction of sp³-hybridized carbons (Fsp3) is 0.429. The fourth-order valence-electron chi connectivity index (χ4n) is 3.48. The number of methoxy groups -OCH3 is 2. The summed E-state index contributed by atoms with van der Waals surface area (Å²) in [5, 5.41) is 0. The minimum Gasteiger partial charge on any atom is -0.493 e. The summed E-state index contributed by atoms with van der Waals surface area (Å²) in [7, 11) is 3.40. The molecule has 0 N–H and O–H groups in total. The number of rotatable bonds is 6. The summed E-state index contributed by atoms with van der Waals surface area (Å²) >= 11 is 0. The summed E-state index contributed by atoms with van der Waals surface area (Å²) in [4.78, 5) is 2.58. The SMILES string of the molecule is COc1cc2c(cc1OC)CN([C@@H](C)CCc1ccccc1)CC2. The summed E-state index contributed by atoms with van der Waals surface area (Å²) in [6.45, 7) is 4.44. The Morgan fingerprint density at radius 3 is 2.33 bits per heavy atom. The maximum Gasteiger partial charge on any atom is 0.161 e. The summed E-state index contributed by atoms with van der Waals surface area (Å²) in [6.07, 6.45) is 3.40. The number of nitrogens with zero attached hydrogens (tertiary/aromatic N) is 1. The Kier molecular flexibility index (Phi) is 5.41. The number of aryl methyl sites for hydroxylation is 1. The Balaban J connectivity index is 1.65. The normalized spacial score (nSPS) is 15.6. The van der Waals surface area contributed by atoms with Crippen LogP contribution in [0.15, 0.2) is 42.5 Å². The Morgan fingerprint density at radius 1 is 1.00 bits per heavy atom. The third kappa shape index (κ3) is 3.73. The lowest BCUT2D eigenvalue weighted by atomic mass is 9.96. The highest BCUT2D eigenvalue weighted by Gasteiger charge is 2.22. The van der Waals surface area contributed by atoms with Crippen molar-refractivity contribution in [1.29, 1.82) is 0 Å². The van der Waals surface area contributed by atoms with E-state index in [2.05, 4.69) is 54.3 Å². The van der Waals surface area contributed by atoms with Gasteiger partial charge in [0.1, 0.15) is 0 Å². The largest absolute Gasteiger partial charge is 0.493 e. The van der Waals surface area contributed by atoms with Crippen molar-refractivity contribution < 1.29 is 9.47 Å². The van der Waals surface area contributed by atoms with Crippen LogP contribution in [0, 0.1) is 0 Å². The molecule has 1 aliphatic rings. The number of ether oxygens (including phenoxy) is 2. The maximum atomic E-state index is 5.46. The Morgan fingerprint density at radius 2 is 1.67 bits per heavy atom. The van der Waals surface area contributed by atoms with Crippen molar-refractivity contribution in [3.05, 3.63) is 59.2 Å². The molecule has 3 rings (SSSR count). The van der Waals surface area contributed by atoms with E-state index in [-0.39, 0.29) is 0 Å². The average Bonchev–Trinajstić information content (AvgIpc) is 2.65. The van der Waals surface area contributed by atoms with E-state index in [0.29, 0.717) is 6.04 Å². The van der Waals surface area contributed by atoms with Crippen molar-refractivity contribution in [3.8, 4) is 11.5 Å². The van der Waals surface area contributed by atoms with Gasteiger partial charge in [0.25, 0.3) is 0 Å². The molecule has 1 heterocycles. The van der Waals surface area contributed by atoms with Crippen LogP contribution in [0.1, 0.15) is 30.0 Å². The minimum absolute atomic E-state index is 0.575. The van der Waals surface area contributed by atoms with Gasteiger partial charge in [-0.3, -0.25) is 4.90 Å². The van der Waals surface area contributed by atoms with Gasteiger partial charge in [0, 0.05) is 19.1 Å². The van der Waals surface area contributed by atoms with E-state index in [0.717, 1.165) is 37.4 Å². The Hall–Kier alpha value is -2.00. The molecule has 3 heteroatoms. The van der Waals surface area contributed by atoms with Crippen LogP contribution in [-0.4, -0.2) is 31.7 Å². The molecule has 1 atom stereocenters. The van der Waals surface area contributed by atoms with Gasteiger partial charge in [-0.15, -0.1) is 0 Å². The number of hydrogen-bond acceptors (Lipinski definition) is 3. The zero-order chi connectivity index (χ0) is 16.9. The molecule has 0 aromatic heterocycles. The van der Waals surface area contributed by atoms with Gasteiger partial charge in [0.2, 0.25) is 0 Å². The van der Waals surface area contributed by atoms with E-state index in [1.165, 1.54) is 23.1 Å². The van der Waals surface area contributed by atoms with Gasteiger partial charge < -0.3 is 9.47 Å². The molecule has 0 unspecified atom stereocenters. The molecule has 0 aliphatic carbocycles. The molecule has 128 valence electrons. The van der Waals surface area contributed by atoms with Crippen LogP contribution >= 0.6 is 0 Å². The lowest BCUT2D eigenvalue weighted by Gasteiger charge is -2.34. The average molecular weight is 325 g/mol. The predicted molar refractivity (Wildman–Crippen MR) is 97.9 cm³/mol. The molecule has 0 saturated heterocycles. The highest BCUT2D eigenvalue weighted by atomic mass is 16.5. The lowest BCUT2D eigenvalue weighted by Crippen LogP contribution is -2.37. The summed E-state index contributed by atoms with van der Waals surface area (Å²) in [5.41, 5.74) is 4.18. The van der Waals surface area contributed by atoms with Gasteiger partial charge >= 0.3 is 0 Å². The molecule has 0 amide bonds. The first-order valence-corrected chi connectivity index (χ1v) is 8.73. The highest BCUT2D eigenvalue weighted by Crippen LogP contribution is 2.33. The first-order valence-electron chi connectivity index (χ1n) is 8.73. The number of benzene rings is 2. The second-order valence-electron chi connectivity index (χ2n) is 6.57. The smallest absolute Gasteiger partial charge is 0.161 e. The van der Waals surface area contributed by atoms with E-state index in [1.54, 1.807) is 14.2 Å². The van der Waals surface area contributed by atoms with Gasteiger partial charge in [-0.25, -0.2) is 0 Å². The summed E-state index contributed by atoms with van der Waals surface area (Å²) in [6, 6.07) is 15.6. The molecule has 3 nitrogen and oxygen atoms in total. The minimum atomic E-state index is 0.575. The van der Waals surface area contributed by atoms with Crippen molar-refractivity contribution in [3.63, 3.8) is 0 Å². The van der Waals surface area contributed by atoms with Crippen molar-refractivity contribution >= 4 is 0 Å². The van der Waals surface area contributed by atoms with E-state index < -0.39 is 0 Å². The number of fused-ring (bicyclic) bond motifs is 1. The molecule has 1 aliphatic heterocycles. The predicted octanol–water partition coefficient (Wildman–Crippen LogP) is 4.08. The second kappa shape index (κ2) is 7.71. The quantitative estimate of drug-likeness (QED) is 0.799. The highest BCUT2D eigenvalue weighted by molar-refractivity contribution is 5.48. The maximum absolute atomic E-state index is 5.46. The van der Waals surface area contributed by atoms with Crippen LogP contribution in [0.2, 0.25) is 0 Å². The van der Waals surface area contributed by atoms with Gasteiger partial charge in [-0.05, 0) is 55.0 Å². The first kappa shape index (κ1) is 16.8. The third-order valence-electron chi connectivity index (χ3n) is 5.06. The zero-order valence-electron chi connectivity index (χ0n) is 14.9. The molecule has 2 aromatic rings. The Labute approximate surface area is 145 Å². The molecule has 0 bridgehead atoms. The molecule has 0 fully saturated rings. The molecular weight excluding hydrogens is 298 g/mol. The lowest BCUT2D eigenvalue weighted by molar-refractivity contribution is 0.181. The molecular formula is C21H27NO2. The van der Waals surface area contributed by atoms with Gasteiger partial charge in [0.15, 0.2) is 11.5 Å². The van der Waals surface area contributed by atoms with Crippen molar-refractivity contribution in [2.45, 2.75) is 38.8 Å². The van der Waals surface area contributed by atoms with E-state index in [4.69, 9.17) is 9.47 Å². The second-order valence-corrected chi connectivity index (χ2v) is 6.57. The molecule has 0 spiro atoms. The summed E-state index contributed by atoms with van der Waals surface area (Å²) < 4.78 is 10.9. The van der Waals surface area contributed by atoms with Crippen molar-refractivity contribution in [2.75, 3.05) is 20.8 Å². The standard InChI is InChI=1S/C21H27NO2/c1-16(9-10-17-7-5-4-6-8-17)22-12-11-18-13-20(23-2)21(24-3)14-19(18)15-22/h4-8,13-14,16H,9-12,15H2,1-3H3/t16-/m0/s1.